The Morgan fingerprint density at radius 1 is 1.05 bits per heavy atom. The second kappa shape index (κ2) is 9.50. The summed E-state index contributed by atoms with van der Waals surface area (Å²) in [5, 5.41) is 0. The summed E-state index contributed by atoms with van der Waals surface area (Å²) in [4.78, 5) is 3.51. The zero-order chi connectivity index (χ0) is 16.4. The second-order valence-electron chi connectivity index (χ2n) is 5.68. The van der Waals surface area contributed by atoms with Gasteiger partial charge in [-0.2, -0.15) is 13.2 Å². The molecular weight excluding hydrogens is 287 g/mol. The van der Waals surface area contributed by atoms with Gasteiger partial charge in [0, 0.05) is 12.0 Å². The number of benzene rings is 1. The van der Waals surface area contributed by atoms with Gasteiger partial charge in [-0.05, 0) is 18.6 Å². The van der Waals surface area contributed by atoms with Crippen molar-refractivity contribution in [2.45, 2.75) is 70.5 Å². The second-order valence-corrected chi connectivity index (χ2v) is 5.68. The highest BCUT2D eigenvalue weighted by Crippen LogP contribution is 2.32. The standard InChI is InChI=1S/C18H24F3N/c1-3-4-5-6-7-8-9-13-17(22-2)15-11-10-12-16(14-15)18(19,20)21/h10-12,14,17H,3-9,13H2,1H3. The van der Waals surface area contributed by atoms with E-state index >= 15 is 0 Å². The zero-order valence-electron chi connectivity index (χ0n) is 13.1. The van der Waals surface area contributed by atoms with Crippen molar-refractivity contribution in [3.8, 4) is 0 Å². The maximum Gasteiger partial charge on any atom is 0.416 e. The van der Waals surface area contributed by atoms with Crippen molar-refractivity contribution in [2.24, 2.45) is 0 Å². The van der Waals surface area contributed by atoms with Crippen molar-refractivity contribution in [3.05, 3.63) is 46.8 Å². The van der Waals surface area contributed by atoms with Crippen LogP contribution >= 0.6 is 0 Å². The van der Waals surface area contributed by atoms with E-state index in [0.717, 1.165) is 31.4 Å². The average molecular weight is 311 g/mol. The summed E-state index contributed by atoms with van der Waals surface area (Å²) >= 11 is 0. The van der Waals surface area contributed by atoms with Crippen molar-refractivity contribution in [2.75, 3.05) is 0 Å². The van der Waals surface area contributed by atoms with E-state index in [-0.39, 0.29) is 0 Å². The van der Waals surface area contributed by atoms with Crippen LogP contribution in [0.2, 0.25) is 0 Å². The molecule has 1 rings (SSSR count). The monoisotopic (exact) mass is 311 g/mol. The predicted octanol–water partition coefficient (Wildman–Crippen LogP) is 6.81. The first-order valence-corrected chi connectivity index (χ1v) is 8.02. The molecule has 22 heavy (non-hydrogen) atoms. The molecule has 0 N–H and O–H groups in total. The molecule has 0 aromatic heterocycles. The number of hydrogen-bond donors (Lipinski definition) is 0. The maximum atomic E-state index is 12.7. The molecule has 0 saturated heterocycles. The third-order valence-corrected chi connectivity index (χ3v) is 3.84. The lowest BCUT2D eigenvalue weighted by atomic mass is 9.98. The predicted molar refractivity (Wildman–Crippen MR) is 83.4 cm³/mol. The van der Waals surface area contributed by atoms with E-state index < -0.39 is 17.8 Å². The van der Waals surface area contributed by atoms with Crippen LogP contribution in [0.3, 0.4) is 0 Å². The summed E-state index contributed by atoms with van der Waals surface area (Å²) in [6.07, 6.45) is 4.32. The maximum absolute atomic E-state index is 12.7. The molecule has 0 fully saturated rings. The van der Waals surface area contributed by atoms with Crippen molar-refractivity contribution < 1.29 is 13.2 Å². The zero-order valence-corrected chi connectivity index (χ0v) is 13.1. The highest BCUT2D eigenvalue weighted by Gasteiger charge is 2.31. The lowest BCUT2D eigenvalue weighted by Gasteiger charge is -2.10. The molecule has 1 unspecified atom stereocenters. The quantitative estimate of drug-likeness (QED) is 0.348. The first-order valence-electron chi connectivity index (χ1n) is 8.02. The van der Waals surface area contributed by atoms with E-state index in [1.54, 1.807) is 6.07 Å². The van der Waals surface area contributed by atoms with Crippen LogP contribution in [0.4, 0.5) is 13.2 Å². The van der Waals surface area contributed by atoms with Crippen LogP contribution in [-0.4, -0.2) is 0 Å². The molecule has 1 aromatic rings. The summed E-state index contributed by atoms with van der Waals surface area (Å²) in [6, 6.07) is 4.72. The highest BCUT2D eigenvalue weighted by atomic mass is 19.4. The first-order chi connectivity index (χ1) is 10.5. The van der Waals surface area contributed by atoms with Gasteiger partial charge in [-0.1, -0.05) is 57.6 Å². The van der Waals surface area contributed by atoms with E-state index in [1.165, 1.54) is 31.7 Å². The van der Waals surface area contributed by atoms with Crippen LogP contribution in [0.25, 0.3) is 4.85 Å². The molecule has 0 radical (unpaired) electrons. The summed E-state index contributed by atoms with van der Waals surface area (Å²) in [7, 11) is 0. The molecule has 0 heterocycles. The molecule has 0 amide bonds. The van der Waals surface area contributed by atoms with Gasteiger partial charge in [0.1, 0.15) is 0 Å². The van der Waals surface area contributed by atoms with Gasteiger partial charge in [0.25, 0.3) is 0 Å². The first kappa shape index (κ1) is 18.5. The number of halogens is 3. The van der Waals surface area contributed by atoms with Crippen molar-refractivity contribution >= 4 is 0 Å². The van der Waals surface area contributed by atoms with E-state index in [0.29, 0.717) is 12.0 Å². The Hall–Kier alpha value is -1.50. The van der Waals surface area contributed by atoms with E-state index in [9.17, 15) is 13.2 Å². The van der Waals surface area contributed by atoms with Gasteiger partial charge in [-0.15, -0.1) is 0 Å². The molecule has 0 aliphatic carbocycles. The molecule has 122 valence electrons. The van der Waals surface area contributed by atoms with Crippen LogP contribution < -0.4 is 0 Å². The third-order valence-electron chi connectivity index (χ3n) is 3.84. The van der Waals surface area contributed by atoms with Crippen LogP contribution in [0.1, 0.15) is 75.5 Å². The minimum absolute atomic E-state index is 0.460. The fourth-order valence-electron chi connectivity index (χ4n) is 2.52. The van der Waals surface area contributed by atoms with Gasteiger partial charge in [0.05, 0.1) is 5.56 Å². The number of alkyl halides is 3. The van der Waals surface area contributed by atoms with Crippen LogP contribution in [0, 0.1) is 6.57 Å². The lowest BCUT2D eigenvalue weighted by Crippen LogP contribution is -2.06. The Morgan fingerprint density at radius 3 is 2.27 bits per heavy atom. The largest absolute Gasteiger partial charge is 0.416 e. The average Bonchev–Trinajstić information content (AvgIpc) is 2.49. The van der Waals surface area contributed by atoms with Crippen LogP contribution in [0.15, 0.2) is 24.3 Å². The fourth-order valence-corrected chi connectivity index (χ4v) is 2.52. The SMILES string of the molecule is [C-]#[N+]C(CCCCCCCCC)c1cccc(C(F)(F)F)c1. The Kier molecular flexibility index (Phi) is 8.01. The van der Waals surface area contributed by atoms with Gasteiger partial charge in [-0.3, -0.25) is 0 Å². The molecule has 0 spiro atoms. The molecule has 0 aliphatic heterocycles. The Balaban J connectivity index is 2.46. The highest BCUT2D eigenvalue weighted by molar-refractivity contribution is 5.29. The minimum atomic E-state index is -4.35. The van der Waals surface area contributed by atoms with Crippen molar-refractivity contribution in [3.63, 3.8) is 0 Å². The van der Waals surface area contributed by atoms with E-state index in [4.69, 9.17) is 6.57 Å². The molecule has 4 heteroatoms. The molecule has 1 aromatic carbocycles. The van der Waals surface area contributed by atoms with Gasteiger partial charge < -0.3 is 4.85 Å². The summed E-state index contributed by atoms with van der Waals surface area (Å²) < 4.78 is 38.1. The lowest BCUT2D eigenvalue weighted by molar-refractivity contribution is -0.137. The van der Waals surface area contributed by atoms with E-state index in [2.05, 4.69) is 11.8 Å². The molecule has 0 saturated carbocycles. The van der Waals surface area contributed by atoms with Crippen molar-refractivity contribution in [1.82, 2.24) is 0 Å². The molecule has 1 atom stereocenters. The minimum Gasteiger partial charge on any atom is -0.308 e. The van der Waals surface area contributed by atoms with Crippen molar-refractivity contribution in [1.29, 1.82) is 0 Å². The molecule has 0 aliphatic rings. The van der Waals surface area contributed by atoms with Crippen LogP contribution in [0.5, 0.6) is 0 Å². The van der Waals surface area contributed by atoms with Crippen LogP contribution in [-0.2, 0) is 6.18 Å². The fraction of sp³-hybridized carbons (Fsp3) is 0.611. The van der Waals surface area contributed by atoms with Gasteiger partial charge in [0.15, 0.2) is 0 Å². The Bertz CT molecular complexity index is 474. The summed E-state index contributed by atoms with van der Waals surface area (Å²) in [5.41, 5.74) is -0.186. The summed E-state index contributed by atoms with van der Waals surface area (Å²) in [5.74, 6) is 0. The number of unbranched alkanes of at least 4 members (excludes halogenated alkanes) is 6. The Labute approximate surface area is 131 Å². The summed E-state index contributed by atoms with van der Waals surface area (Å²) in [6.45, 7) is 9.41. The normalized spacial score (nSPS) is 12.9. The number of hydrogen-bond acceptors (Lipinski definition) is 0. The molecule has 1 nitrogen and oxygen atoms in total. The van der Waals surface area contributed by atoms with E-state index in [1.807, 2.05) is 0 Å². The number of nitrogens with zero attached hydrogens (tertiary/aromatic N) is 1. The third kappa shape index (κ3) is 6.51. The van der Waals surface area contributed by atoms with Gasteiger partial charge >= 0.3 is 6.18 Å². The molecule has 0 bridgehead atoms. The van der Waals surface area contributed by atoms with Gasteiger partial charge in [0.2, 0.25) is 6.04 Å². The van der Waals surface area contributed by atoms with Gasteiger partial charge in [-0.25, -0.2) is 6.57 Å². The topological polar surface area (TPSA) is 4.36 Å². The molecular formula is C18H24F3N. The number of rotatable bonds is 9. The smallest absolute Gasteiger partial charge is 0.308 e. The Morgan fingerprint density at radius 2 is 1.68 bits per heavy atom.